The number of likely N-dealkylation sites (tertiary alicyclic amines) is 1. The minimum atomic E-state index is 0.00813. The van der Waals surface area contributed by atoms with Crippen molar-refractivity contribution in [3.05, 3.63) is 28.2 Å². The molecule has 19 heavy (non-hydrogen) atoms. The van der Waals surface area contributed by atoms with Gasteiger partial charge >= 0.3 is 0 Å². The third kappa shape index (κ3) is 4.37. The SMILES string of the molecule is CC1CC[NH+](CC(=O)Nc2ccc(Cl)cc2Cl)CC1. The predicted molar refractivity (Wildman–Crippen MR) is 79.1 cm³/mol. The number of anilines is 1. The summed E-state index contributed by atoms with van der Waals surface area (Å²) in [5.41, 5.74) is 0.626. The monoisotopic (exact) mass is 301 g/mol. The summed E-state index contributed by atoms with van der Waals surface area (Å²) in [6.45, 7) is 4.92. The molecule has 0 spiro atoms. The summed E-state index contributed by atoms with van der Waals surface area (Å²) >= 11 is 11.9. The molecule has 1 aromatic carbocycles. The molecule has 1 fully saturated rings. The van der Waals surface area contributed by atoms with Gasteiger partial charge in [-0.2, -0.15) is 0 Å². The number of rotatable bonds is 3. The van der Waals surface area contributed by atoms with E-state index in [1.54, 1.807) is 18.2 Å². The van der Waals surface area contributed by atoms with E-state index >= 15 is 0 Å². The zero-order valence-electron chi connectivity index (χ0n) is 11.0. The molecule has 1 aliphatic heterocycles. The molecule has 1 aliphatic rings. The van der Waals surface area contributed by atoms with E-state index in [0.717, 1.165) is 19.0 Å². The van der Waals surface area contributed by atoms with Gasteiger partial charge in [-0.3, -0.25) is 4.79 Å². The van der Waals surface area contributed by atoms with Crippen LogP contribution in [0.25, 0.3) is 0 Å². The maximum atomic E-state index is 12.0. The summed E-state index contributed by atoms with van der Waals surface area (Å²) < 4.78 is 0. The van der Waals surface area contributed by atoms with Gasteiger partial charge in [0, 0.05) is 5.02 Å². The molecule has 104 valence electrons. The molecule has 0 bridgehead atoms. The molecule has 1 aromatic rings. The highest BCUT2D eigenvalue weighted by Gasteiger charge is 2.21. The van der Waals surface area contributed by atoms with E-state index in [9.17, 15) is 4.79 Å². The van der Waals surface area contributed by atoms with Crippen molar-refractivity contribution in [2.45, 2.75) is 19.8 Å². The van der Waals surface area contributed by atoms with E-state index in [-0.39, 0.29) is 5.91 Å². The van der Waals surface area contributed by atoms with Crippen molar-refractivity contribution in [2.24, 2.45) is 5.92 Å². The van der Waals surface area contributed by atoms with Crippen molar-refractivity contribution in [1.29, 1.82) is 0 Å². The number of quaternary nitrogens is 1. The zero-order valence-corrected chi connectivity index (χ0v) is 12.5. The Balaban J connectivity index is 1.87. The largest absolute Gasteiger partial charge is 0.327 e. The van der Waals surface area contributed by atoms with Crippen LogP contribution in [0.4, 0.5) is 5.69 Å². The fourth-order valence-electron chi connectivity index (χ4n) is 2.36. The maximum absolute atomic E-state index is 12.0. The van der Waals surface area contributed by atoms with Crippen molar-refractivity contribution in [3.8, 4) is 0 Å². The molecular formula is C14H19Cl2N2O+. The number of hydrogen-bond donors (Lipinski definition) is 2. The highest BCUT2D eigenvalue weighted by Crippen LogP contribution is 2.25. The van der Waals surface area contributed by atoms with Crippen molar-refractivity contribution in [1.82, 2.24) is 0 Å². The summed E-state index contributed by atoms with van der Waals surface area (Å²) in [6, 6.07) is 5.09. The normalized spacial score (nSPS) is 23.1. The van der Waals surface area contributed by atoms with Gasteiger partial charge in [0.2, 0.25) is 0 Å². The Hall–Kier alpha value is -0.770. The number of piperidine rings is 1. The number of benzene rings is 1. The zero-order chi connectivity index (χ0) is 13.8. The quantitative estimate of drug-likeness (QED) is 0.882. The third-order valence-corrected chi connectivity index (χ3v) is 4.14. The van der Waals surface area contributed by atoms with Crippen LogP contribution >= 0.6 is 23.2 Å². The van der Waals surface area contributed by atoms with Gasteiger partial charge < -0.3 is 10.2 Å². The van der Waals surface area contributed by atoms with Crippen LogP contribution in [-0.2, 0) is 4.79 Å². The van der Waals surface area contributed by atoms with E-state index in [1.807, 2.05) is 0 Å². The Morgan fingerprint density at radius 2 is 2.05 bits per heavy atom. The molecule has 2 N–H and O–H groups in total. The molecule has 2 rings (SSSR count). The Morgan fingerprint density at radius 1 is 1.37 bits per heavy atom. The van der Waals surface area contributed by atoms with Crippen molar-refractivity contribution >= 4 is 34.8 Å². The first-order valence-electron chi connectivity index (χ1n) is 6.63. The molecular weight excluding hydrogens is 283 g/mol. The molecule has 0 aliphatic carbocycles. The number of amides is 1. The summed E-state index contributed by atoms with van der Waals surface area (Å²) in [7, 11) is 0. The lowest BCUT2D eigenvalue weighted by Crippen LogP contribution is -3.14. The van der Waals surface area contributed by atoms with E-state index in [4.69, 9.17) is 23.2 Å². The Bertz CT molecular complexity index is 457. The first-order valence-corrected chi connectivity index (χ1v) is 7.38. The fourth-order valence-corrected chi connectivity index (χ4v) is 2.82. The van der Waals surface area contributed by atoms with Crippen LogP contribution in [0.5, 0.6) is 0 Å². The van der Waals surface area contributed by atoms with Crippen LogP contribution in [0.3, 0.4) is 0 Å². The molecule has 1 heterocycles. The van der Waals surface area contributed by atoms with Crippen molar-refractivity contribution in [2.75, 3.05) is 25.0 Å². The molecule has 0 unspecified atom stereocenters. The van der Waals surface area contributed by atoms with E-state index in [1.165, 1.54) is 17.7 Å². The molecule has 1 amide bonds. The van der Waals surface area contributed by atoms with E-state index in [2.05, 4.69) is 12.2 Å². The topological polar surface area (TPSA) is 33.5 Å². The minimum absolute atomic E-state index is 0.00813. The van der Waals surface area contributed by atoms with Crippen LogP contribution in [0.2, 0.25) is 10.0 Å². The first kappa shape index (κ1) is 14.6. The molecule has 5 heteroatoms. The van der Waals surface area contributed by atoms with E-state index in [0.29, 0.717) is 22.3 Å². The molecule has 3 nitrogen and oxygen atoms in total. The van der Waals surface area contributed by atoms with Gasteiger partial charge in [-0.15, -0.1) is 0 Å². The Labute approximate surface area is 123 Å². The predicted octanol–water partition coefficient (Wildman–Crippen LogP) is 2.25. The lowest BCUT2D eigenvalue weighted by Gasteiger charge is -2.26. The summed E-state index contributed by atoms with van der Waals surface area (Å²) in [5, 5.41) is 3.89. The van der Waals surface area contributed by atoms with Crippen LogP contribution in [-0.4, -0.2) is 25.5 Å². The highest BCUT2D eigenvalue weighted by atomic mass is 35.5. The average molecular weight is 302 g/mol. The summed E-state index contributed by atoms with van der Waals surface area (Å²) in [4.78, 5) is 13.3. The minimum Gasteiger partial charge on any atom is -0.327 e. The van der Waals surface area contributed by atoms with Gasteiger partial charge in [0.25, 0.3) is 5.91 Å². The average Bonchev–Trinajstić information content (AvgIpc) is 2.36. The van der Waals surface area contributed by atoms with Crippen LogP contribution in [0, 0.1) is 5.92 Å². The maximum Gasteiger partial charge on any atom is 0.279 e. The second kappa shape index (κ2) is 6.60. The van der Waals surface area contributed by atoms with E-state index < -0.39 is 0 Å². The smallest absolute Gasteiger partial charge is 0.279 e. The van der Waals surface area contributed by atoms with Gasteiger partial charge in [-0.25, -0.2) is 0 Å². The number of carbonyl (C=O) groups excluding carboxylic acids is 1. The van der Waals surface area contributed by atoms with Crippen LogP contribution < -0.4 is 10.2 Å². The number of carbonyl (C=O) groups is 1. The summed E-state index contributed by atoms with van der Waals surface area (Å²) in [5.74, 6) is 0.797. The third-order valence-electron chi connectivity index (χ3n) is 3.60. The fraction of sp³-hybridized carbons (Fsp3) is 0.500. The van der Waals surface area contributed by atoms with Crippen LogP contribution in [0.1, 0.15) is 19.8 Å². The second-order valence-corrected chi connectivity index (χ2v) is 6.13. The van der Waals surface area contributed by atoms with Crippen molar-refractivity contribution in [3.63, 3.8) is 0 Å². The Morgan fingerprint density at radius 3 is 2.68 bits per heavy atom. The molecule has 1 saturated heterocycles. The van der Waals surface area contributed by atoms with Gasteiger partial charge in [0.15, 0.2) is 6.54 Å². The summed E-state index contributed by atoms with van der Waals surface area (Å²) in [6.07, 6.45) is 2.40. The van der Waals surface area contributed by atoms with Gasteiger partial charge in [0.05, 0.1) is 23.8 Å². The molecule has 0 radical (unpaired) electrons. The van der Waals surface area contributed by atoms with Gasteiger partial charge in [0.1, 0.15) is 0 Å². The number of halogens is 2. The van der Waals surface area contributed by atoms with Gasteiger partial charge in [-0.05, 0) is 37.0 Å². The first-order chi connectivity index (χ1) is 9.04. The molecule has 0 saturated carbocycles. The Kier molecular flexibility index (Phi) is 5.08. The second-order valence-electron chi connectivity index (χ2n) is 5.28. The van der Waals surface area contributed by atoms with Crippen molar-refractivity contribution < 1.29 is 9.69 Å². The lowest BCUT2D eigenvalue weighted by atomic mass is 9.99. The highest BCUT2D eigenvalue weighted by molar-refractivity contribution is 6.36. The molecule has 0 atom stereocenters. The lowest BCUT2D eigenvalue weighted by molar-refractivity contribution is -0.897. The van der Waals surface area contributed by atoms with Gasteiger partial charge in [-0.1, -0.05) is 30.1 Å². The number of hydrogen-bond acceptors (Lipinski definition) is 1. The standard InChI is InChI=1S/C14H18Cl2N2O/c1-10-4-6-18(7-5-10)9-14(19)17-13-3-2-11(15)8-12(13)16/h2-3,8,10H,4-7,9H2,1H3,(H,17,19)/p+1. The molecule has 0 aromatic heterocycles. The van der Waals surface area contributed by atoms with Crippen LogP contribution in [0.15, 0.2) is 18.2 Å². The number of nitrogens with one attached hydrogen (secondary N) is 2.